The molecule has 1 heterocycles. The molecule has 2 fully saturated rings. The number of rotatable bonds is 6. The number of carbonyl (C=O) groups excluding carboxylic acids is 2. The Kier molecular flexibility index (Phi) is 5.09. The summed E-state index contributed by atoms with van der Waals surface area (Å²) in [6, 6.07) is 0.686. The molecule has 1 saturated carbocycles. The first-order valence-corrected chi connectivity index (χ1v) is 9.97. The van der Waals surface area contributed by atoms with Crippen molar-refractivity contribution in [1.29, 1.82) is 0 Å². The molecule has 1 saturated heterocycles. The molecule has 0 bridgehead atoms. The van der Waals surface area contributed by atoms with E-state index in [1.807, 2.05) is 13.8 Å². The van der Waals surface area contributed by atoms with Crippen LogP contribution in [-0.4, -0.2) is 32.7 Å². The van der Waals surface area contributed by atoms with E-state index in [-0.39, 0.29) is 17.5 Å². The molecule has 21 heavy (non-hydrogen) atoms. The predicted octanol–water partition coefficient (Wildman–Crippen LogP) is 2.92. The van der Waals surface area contributed by atoms with Crippen LogP contribution in [0.5, 0.6) is 0 Å². The molecule has 0 aromatic carbocycles. The molecule has 2 aliphatic rings. The van der Waals surface area contributed by atoms with Crippen LogP contribution in [0.25, 0.3) is 0 Å². The van der Waals surface area contributed by atoms with Crippen LogP contribution in [-0.2, 0) is 23.2 Å². The van der Waals surface area contributed by atoms with Crippen molar-refractivity contribution in [3.05, 3.63) is 0 Å². The van der Waals surface area contributed by atoms with Crippen molar-refractivity contribution in [2.24, 2.45) is 5.92 Å². The highest BCUT2D eigenvalue weighted by Crippen LogP contribution is 2.42. The monoisotopic (exact) mass is 314 g/mol. The molecule has 2 rings (SSSR count). The fourth-order valence-electron chi connectivity index (χ4n) is 3.29. The Bertz CT molecular complexity index is 393. The van der Waals surface area contributed by atoms with E-state index in [0.717, 1.165) is 25.7 Å². The van der Waals surface area contributed by atoms with Gasteiger partial charge >= 0.3 is 8.56 Å². The van der Waals surface area contributed by atoms with Crippen LogP contribution in [0.4, 0.5) is 0 Å². The van der Waals surface area contributed by atoms with Crippen molar-refractivity contribution >= 4 is 20.5 Å². The van der Waals surface area contributed by atoms with E-state index in [0.29, 0.717) is 24.2 Å². The number of epoxide rings is 1. The van der Waals surface area contributed by atoms with Crippen LogP contribution in [0.1, 0.15) is 53.4 Å². The largest absolute Gasteiger partial charge is 0.485 e. The molecule has 1 aliphatic heterocycles. The molecule has 5 nitrogen and oxygen atoms in total. The third kappa shape index (κ3) is 4.29. The number of fused-ring (bicyclic) bond motifs is 1. The fraction of sp³-hybridized carbons (Fsp3) is 0.867. The van der Waals surface area contributed by atoms with Gasteiger partial charge in [-0.15, -0.1) is 0 Å². The number of hydrogen-bond donors (Lipinski definition) is 0. The summed E-state index contributed by atoms with van der Waals surface area (Å²) < 4.78 is 16.7. The first-order chi connectivity index (χ1) is 9.82. The number of hydrogen-bond acceptors (Lipinski definition) is 5. The summed E-state index contributed by atoms with van der Waals surface area (Å²) in [6.07, 6.45) is 5.26. The minimum absolute atomic E-state index is 0.0545. The van der Waals surface area contributed by atoms with Gasteiger partial charge < -0.3 is 13.6 Å². The Labute approximate surface area is 127 Å². The highest BCUT2D eigenvalue weighted by Gasteiger charge is 2.49. The average Bonchev–Trinajstić information content (AvgIpc) is 3.12. The van der Waals surface area contributed by atoms with Gasteiger partial charge in [0.2, 0.25) is 0 Å². The first kappa shape index (κ1) is 16.5. The Hall–Kier alpha value is -0.883. The van der Waals surface area contributed by atoms with E-state index in [2.05, 4.69) is 0 Å². The Morgan fingerprint density at radius 3 is 2.24 bits per heavy atom. The zero-order valence-corrected chi connectivity index (χ0v) is 14.4. The van der Waals surface area contributed by atoms with Crippen LogP contribution in [0, 0.1) is 5.92 Å². The zero-order chi connectivity index (χ0) is 15.6. The molecule has 0 spiro atoms. The van der Waals surface area contributed by atoms with E-state index >= 15 is 0 Å². The molecule has 3 unspecified atom stereocenters. The number of ether oxygens (including phenoxy) is 1. The molecule has 6 heteroatoms. The van der Waals surface area contributed by atoms with Crippen LogP contribution >= 0.6 is 0 Å². The van der Waals surface area contributed by atoms with E-state index < -0.39 is 8.56 Å². The van der Waals surface area contributed by atoms with E-state index in [1.54, 1.807) is 0 Å². The van der Waals surface area contributed by atoms with Gasteiger partial charge in [0.05, 0.1) is 12.2 Å². The average molecular weight is 314 g/mol. The van der Waals surface area contributed by atoms with Crippen molar-refractivity contribution in [2.75, 3.05) is 0 Å². The molecular weight excluding hydrogens is 288 g/mol. The van der Waals surface area contributed by atoms with E-state index in [9.17, 15) is 9.59 Å². The molecular formula is C15H26O5Si. The summed E-state index contributed by atoms with van der Waals surface area (Å²) in [4.78, 5) is 22.9. The highest BCUT2D eigenvalue weighted by molar-refractivity contribution is 6.71. The fourth-order valence-corrected chi connectivity index (χ4v) is 6.37. The molecule has 0 N–H and O–H groups in total. The summed E-state index contributed by atoms with van der Waals surface area (Å²) in [5, 5.41) is 0. The third-order valence-electron chi connectivity index (χ3n) is 4.53. The molecule has 120 valence electrons. The van der Waals surface area contributed by atoms with Gasteiger partial charge in [-0.1, -0.05) is 13.8 Å². The van der Waals surface area contributed by atoms with Gasteiger partial charge in [-0.3, -0.25) is 9.59 Å². The Balaban J connectivity index is 1.98. The van der Waals surface area contributed by atoms with Crippen molar-refractivity contribution < 1.29 is 23.2 Å². The lowest BCUT2D eigenvalue weighted by atomic mass is 9.88. The molecule has 0 radical (unpaired) electrons. The minimum atomic E-state index is -2.83. The predicted molar refractivity (Wildman–Crippen MR) is 79.8 cm³/mol. The van der Waals surface area contributed by atoms with Crippen molar-refractivity contribution in [3.8, 4) is 0 Å². The van der Waals surface area contributed by atoms with Gasteiger partial charge in [0.1, 0.15) is 0 Å². The SMILES string of the molecule is CC(=O)O[Si](CCC1CCC2OC2C1)(OC(C)=O)C(C)C. The lowest BCUT2D eigenvalue weighted by molar-refractivity contribution is -0.139. The van der Waals surface area contributed by atoms with Gasteiger partial charge in [-0.25, -0.2) is 0 Å². The van der Waals surface area contributed by atoms with Crippen LogP contribution in [0.15, 0.2) is 0 Å². The Morgan fingerprint density at radius 2 is 1.76 bits per heavy atom. The van der Waals surface area contributed by atoms with Crippen molar-refractivity contribution in [3.63, 3.8) is 0 Å². The van der Waals surface area contributed by atoms with Gasteiger partial charge in [0, 0.05) is 25.4 Å². The molecule has 1 aliphatic carbocycles. The molecule has 0 aromatic heterocycles. The summed E-state index contributed by atoms with van der Waals surface area (Å²) in [5.74, 6) is -0.123. The van der Waals surface area contributed by atoms with Crippen LogP contribution in [0.3, 0.4) is 0 Å². The first-order valence-electron chi connectivity index (χ1n) is 7.87. The van der Waals surface area contributed by atoms with Crippen molar-refractivity contribution in [2.45, 2.75) is 77.2 Å². The maximum atomic E-state index is 11.5. The second-order valence-electron chi connectivity index (χ2n) is 6.58. The Morgan fingerprint density at radius 1 is 1.14 bits per heavy atom. The van der Waals surface area contributed by atoms with E-state index in [4.69, 9.17) is 13.6 Å². The highest BCUT2D eigenvalue weighted by atomic mass is 28.4. The van der Waals surface area contributed by atoms with Gasteiger partial charge in [-0.05, 0) is 31.6 Å². The van der Waals surface area contributed by atoms with Gasteiger partial charge in [0.15, 0.2) is 0 Å². The molecule has 0 aromatic rings. The number of carbonyl (C=O) groups is 2. The smallest absolute Gasteiger partial charge is 0.466 e. The zero-order valence-electron chi connectivity index (χ0n) is 13.4. The summed E-state index contributed by atoms with van der Waals surface area (Å²) in [6.45, 7) is 6.71. The second kappa shape index (κ2) is 6.48. The summed E-state index contributed by atoms with van der Waals surface area (Å²) >= 11 is 0. The van der Waals surface area contributed by atoms with E-state index in [1.165, 1.54) is 13.8 Å². The lowest BCUT2D eigenvalue weighted by Crippen LogP contribution is -2.48. The third-order valence-corrected chi connectivity index (χ3v) is 8.54. The minimum Gasteiger partial charge on any atom is -0.485 e. The maximum Gasteiger partial charge on any atom is 0.466 e. The summed E-state index contributed by atoms with van der Waals surface area (Å²) in [5.41, 5.74) is 0.0545. The normalized spacial score (nSPS) is 28.0. The lowest BCUT2D eigenvalue weighted by Gasteiger charge is -2.33. The van der Waals surface area contributed by atoms with Gasteiger partial charge in [0.25, 0.3) is 11.9 Å². The quantitative estimate of drug-likeness (QED) is 0.557. The van der Waals surface area contributed by atoms with Crippen LogP contribution < -0.4 is 0 Å². The van der Waals surface area contributed by atoms with Gasteiger partial charge in [-0.2, -0.15) is 0 Å². The molecule has 0 amide bonds. The second-order valence-corrected chi connectivity index (χ2v) is 10.3. The summed E-state index contributed by atoms with van der Waals surface area (Å²) in [7, 11) is -2.83. The van der Waals surface area contributed by atoms with Crippen molar-refractivity contribution in [1.82, 2.24) is 0 Å². The topological polar surface area (TPSA) is 65.1 Å². The standard InChI is InChI=1S/C15H26O5Si/c1-10(2)21(19-11(3)16,20-12(4)17)8-7-13-5-6-14-15(9-13)18-14/h10,13-15H,5-9H2,1-4H3. The molecule has 3 atom stereocenters. The van der Waals surface area contributed by atoms with Crippen LogP contribution in [0.2, 0.25) is 11.6 Å². The maximum absolute atomic E-state index is 11.5.